The first-order chi connectivity index (χ1) is 11.7. The van der Waals surface area contributed by atoms with Gasteiger partial charge in [-0.15, -0.1) is 0 Å². The van der Waals surface area contributed by atoms with Gasteiger partial charge in [-0.2, -0.15) is 13.2 Å². The van der Waals surface area contributed by atoms with E-state index in [9.17, 15) is 18.0 Å². The van der Waals surface area contributed by atoms with Crippen LogP contribution in [0.5, 0.6) is 5.75 Å². The first kappa shape index (κ1) is 18.8. The highest BCUT2D eigenvalue weighted by Gasteiger charge is 2.30. The van der Waals surface area contributed by atoms with Crippen molar-refractivity contribution in [1.29, 1.82) is 0 Å². The van der Waals surface area contributed by atoms with Crippen molar-refractivity contribution >= 4 is 11.6 Å². The average Bonchev–Trinajstić information content (AvgIpc) is 2.52. The van der Waals surface area contributed by atoms with Crippen molar-refractivity contribution in [3.8, 4) is 5.75 Å². The normalized spacial score (nSPS) is 11.5. The van der Waals surface area contributed by atoms with Crippen molar-refractivity contribution in [2.24, 2.45) is 0 Å². The number of anilines is 1. The highest BCUT2D eigenvalue weighted by atomic mass is 19.4. The predicted molar refractivity (Wildman–Crippen MR) is 90.8 cm³/mol. The summed E-state index contributed by atoms with van der Waals surface area (Å²) in [6.45, 7) is 5.86. The van der Waals surface area contributed by atoms with Gasteiger partial charge in [0.15, 0.2) is 6.61 Å². The van der Waals surface area contributed by atoms with Crippen LogP contribution >= 0.6 is 0 Å². The van der Waals surface area contributed by atoms with E-state index in [2.05, 4.69) is 19.2 Å². The zero-order chi connectivity index (χ0) is 18.6. The Balaban J connectivity index is 1.96. The van der Waals surface area contributed by atoms with Gasteiger partial charge in [-0.1, -0.05) is 26.0 Å². The molecule has 0 radical (unpaired) electrons. The van der Waals surface area contributed by atoms with E-state index in [1.54, 1.807) is 6.07 Å². The van der Waals surface area contributed by atoms with Crippen LogP contribution in [0, 0.1) is 6.92 Å². The molecule has 0 heterocycles. The van der Waals surface area contributed by atoms with E-state index in [4.69, 9.17) is 4.74 Å². The Labute approximate surface area is 144 Å². The molecule has 134 valence electrons. The number of aryl methyl sites for hydroxylation is 1. The molecule has 3 nitrogen and oxygen atoms in total. The Bertz CT molecular complexity index is 755. The number of hydrogen-bond donors (Lipinski definition) is 1. The number of benzene rings is 2. The van der Waals surface area contributed by atoms with Crippen LogP contribution < -0.4 is 10.1 Å². The van der Waals surface area contributed by atoms with Crippen molar-refractivity contribution in [1.82, 2.24) is 0 Å². The molecule has 2 rings (SSSR count). The summed E-state index contributed by atoms with van der Waals surface area (Å²) in [7, 11) is 0. The zero-order valence-electron chi connectivity index (χ0n) is 14.3. The summed E-state index contributed by atoms with van der Waals surface area (Å²) in [5.74, 6) is 0.407. The second-order valence-corrected chi connectivity index (χ2v) is 6.09. The summed E-state index contributed by atoms with van der Waals surface area (Å²) in [4.78, 5) is 11.9. The second-order valence-electron chi connectivity index (χ2n) is 6.09. The number of rotatable bonds is 5. The molecule has 0 saturated carbocycles. The molecule has 6 heteroatoms. The van der Waals surface area contributed by atoms with E-state index < -0.39 is 17.6 Å². The predicted octanol–water partition coefficient (Wildman–Crippen LogP) is 5.15. The van der Waals surface area contributed by atoms with Gasteiger partial charge in [0.05, 0.1) is 5.56 Å². The largest absolute Gasteiger partial charge is 0.484 e. The van der Waals surface area contributed by atoms with Gasteiger partial charge in [0.1, 0.15) is 5.75 Å². The maximum Gasteiger partial charge on any atom is 0.416 e. The van der Waals surface area contributed by atoms with Gasteiger partial charge in [-0.05, 0) is 54.3 Å². The Morgan fingerprint density at radius 1 is 1.16 bits per heavy atom. The summed E-state index contributed by atoms with van der Waals surface area (Å²) in [6.07, 6.45) is -4.45. The molecular formula is C19H20F3NO2. The highest BCUT2D eigenvalue weighted by Crippen LogP contribution is 2.30. The Morgan fingerprint density at radius 2 is 1.88 bits per heavy atom. The van der Waals surface area contributed by atoms with Crippen molar-refractivity contribution in [3.05, 3.63) is 59.2 Å². The molecule has 0 aliphatic heterocycles. The van der Waals surface area contributed by atoms with Crippen LogP contribution in [0.15, 0.2) is 42.5 Å². The zero-order valence-corrected chi connectivity index (χ0v) is 14.3. The fraction of sp³-hybridized carbons (Fsp3) is 0.316. The minimum Gasteiger partial charge on any atom is -0.484 e. The molecule has 0 aromatic heterocycles. The molecule has 0 saturated heterocycles. The third kappa shape index (κ3) is 5.24. The number of carbonyl (C=O) groups excluding carboxylic acids is 1. The quantitative estimate of drug-likeness (QED) is 0.808. The minimum atomic E-state index is -4.45. The van der Waals surface area contributed by atoms with Gasteiger partial charge in [-0.25, -0.2) is 0 Å². The standard InChI is InChI=1S/C19H20F3NO2/c1-12(2)17-8-7-16(9-13(17)3)25-11-18(24)23-15-6-4-5-14(10-15)19(20,21)22/h4-10,12H,11H2,1-3H3,(H,23,24). The fourth-order valence-electron chi connectivity index (χ4n) is 2.50. The van der Waals surface area contributed by atoms with Crippen LogP contribution in [0.25, 0.3) is 0 Å². The van der Waals surface area contributed by atoms with Crippen LogP contribution in [0.3, 0.4) is 0 Å². The van der Waals surface area contributed by atoms with E-state index in [0.717, 1.165) is 17.7 Å². The van der Waals surface area contributed by atoms with Crippen LogP contribution in [-0.2, 0) is 11.0 Å². The van der Waals surface area contributed by atoms with Crippen LogP contribution in [0.1, 0.15) is 36.5 Å². The molecule has 0 aliphatic carbocycles. The topological polar surface area (TPSA) is 38.3 Å². The number of halogens is 3. The Morgan fingerprint density at radius 3 is 2.48 bits per heavy atom. The van der Waals surface area contributed by atoms with Crippen molar-refractivity contribution in [2.45, 2.75) is 32.9 Å². The fourth-order valence-corrected chi connectivity index (χ4v) is 2.50. The Hall–Kier alpha value is -2.50. The van der Waals surface area contributed by atoms with E-state index in [1.165, 1.54) is 17.7 Å². The first-order valence-electron chi connectivity index (χ1n) is 7.87. The van der Waals surface area contributed by atoms with E-state index >= 15 is 0 Å². The molecule has 25 heavy (non-hydrogen) atoms. The van der Waals surface area contributed by atoms with Crippen LogP contribution in [0.4, 0.5) is 18.9 Å². The third-order valence-electron chi connectivity index (χ3n) is 3.71. The third-order valence-corrected chi connectivity index (χ3v) is 3.71. The molecule has 0 bridgehead atoms. The molecule has 2 aromatic rings. The number of alkyl halides is 3. The number of amides is 1. The molecule has 0 spiro atoms. The summed E-state index contributed by atoms with van der Waals surface area (Å²) in [6, 6.07) is 10.0. The maximum absolute atomic E-state index is 12.7. The van der Waals surface area contributed by atoms with Gasteiger partial charge < -0.3 is 10.1 Å². The lowest BCUT2D eigenvalue weighted by Gasteiger charge is -2.13. The van der Waals surface area contributed by atoms with E-state index in [0.29, 0.717) is 11.7 Å². The average molecular weight is 351 g/mol. The van der Waals surface area contributed by atoms with E-state index in [1.807, 2.05) is 19.1 Å². The molecule has 2 aromatic carbocycles. The number of hydrogen-bond acceptors (Lipinski definition) is 2. The maximum atomic E-state index is 12.7. The van der Waals surface area contributed by atoms with E-state index in [-0.39, 0.29) is 12.3 Å². The van der Waals surface area contributed by atoms with Crippen molar-refractivity contribution in [3.63, 3.8) is 0 Å². The molecule has 1 N–H and O–H groups in total. The SMILES string of the molecule is Cc1cc(OCC(=O)Nc2cccc(C(F)(F)F)c2)ccc1C(C)C. The highest BCUT2D eigenvalue weighted by molar-refractivity contribution is 5.91. The summed E-state index contributed by atoms with van der Waals surface area (Å²) >= 11 is 0. The molecular weight excluding hydrogens is 331 g/mol. The number of nitrogens with one attached hydrogen (secondary N) is 1. The first-order valence-corrected chi connectivity index (χ1v) is 7.87. The second kappa shape index (κ2) is 7.59. The van der Waals surface area contributed by atoms with Crippen molar-refractivity contribution in [2.75, 3.05) is 11.9 Å². The molecule has 0 aliphatic rings. The molecule has 0 atom stereocenters. The summed E-state index contributed by atoms with van der Waals surface area (Å²) in [5.41, 5.74) is 1.52. The van der Waals surface area contributed by atoms with Gasteiger partial charge in [0.25, 0.3) is 5.91 Å². The number of ether oxygens (including phenoxy) is 1. The van der Waals surface area contributed by atoms with Crippen LogP contribution in [0.2, 0.25) is 0 Å². The summed E-state index contributed by atoms with van der Waals surface area (Å²) in [5, 5.41) is 2.40. The number of carbonyl (C=O) groups is 1. The molecule has 1 amide bonds. The van der Waals surface area contributed by atoms with Crippen molar-refractivity contribution < 1.29 is 22.7 Å². The van der Waals surface area contributed by atoms with Gasteiger partial charge in [0.2, 0.25) is 0 Å². The Kier molecular flexibility index (Phi) is 5.72. The summed E-state index contributed by atoms with van der Waals surface area (Å²) < 4.78 is 43.4. The smallest absolute Gasteiger partial charge is 0.416 e. The van der Waals surface area contributed by atoms with Gasteiger partial charge in [0, 0.05) is 5.69 Å². The monoisotopic (exact) mass is 351 g/mol. The molecule has 0 unspecified atom stereocenters. The minimum absolute atomic E-state index is 0.0785. The lowest BCUT2D eigenvalue weighted by Crippen LogP contribution is -2.20. The lowest BCUT2D eigenvalue weighted by molar-refractivity contribution is -0.137. The van der Waals surface area contributed by atoms with Gasteiger partial charge in [-0.3, -0.25) is 4.79 Å². The molecule has 0 fully saturated rings. The van der Waals surface area contributed by atoms with Gasteiger partial charge >= 0.3 is 6.18 Å². The lowest BCUT2D eigenvalue weighted by atomic mass is 9.98. The van der Waals surface area contributed by atoms with Crippen LogP contribution in [-0.4, -0.2) is 12.5 Å².